The standard InChI is InChI=1S/C11H18N2O2/c1-11(2,8-14)7-13-10-9(15-3)5-4-6-12-10/h4-6,14H,7-8H2,1-3H3,(H,12,13). The van der Waals surface area contributed by atoms with Crippen LogP contribution in [0.25, 0.3) is 0 Å². The molecule has 1 heterocycles. The number of ether oxygens (including phenoxy) is 1. The number of rotatable bonds is 5. The summed E-state index contributed by atoms with van der Waals surface area (Å²) in [5, 5.41) is 12.3. The van der Waals surface area contributed by atoms with Gasteiger partial charge in [-0.2, -0.15) is 0 Å². The second-order valence-corrected chi connectivity index (χ2v) is 4.23. The van der Waals surface area contributed by atoms with Gasteiger partial charge in [0, 0.05) is 24.8 Å². The Morgan fingerprint density at radius 2 is 2.27 bits per heavy atom. The molecule has 1 aromatic heterocycles. The lowest BCUT2D eigenvalue weighted by Crippen LogP contribution is -2.27. The highest BCUT2D eigenvalue weighted by atomic mass is 16.5. The summed E-state index contributed by atoms with van der Waals surface area (Å²) in [7, 11) is 1.61. The minimum atomic E-state index is -0.164. The van der Waals surface area contributed by atoms with Gasteiger partial charge < -0.3 is 15.2 Å². The van der Waals surface area contributed by atoms with Gasteiger partial charge in [0.1, 0.15) is 0 Å². The molecule has 0 atom stereocenters. The third kappa shape index (κ3) is 3.40. The van der Waals surface area contributed by atoms with Crippen molar-refractivity contribution >= 4 is 5.82 Å². The summed E-state index contributed by atoms with van der Waals surface area (Å²) >= 11 is 0. The smallest absolute Gasteiger partial charge is 0.168 e. The molecule has 0 aliphatic heterocycles. The van der Waals surface area contributed by atoms with Crippen molar-refractivity contribution in [3.63, 3.8) is 0 Å². The highest BCUT2D eigenvalue weighted by Crippen LogP contribution is 2.22. The zero-order valence-corrected chi connectivity index (χ0v) is 9.45. The maximum atomic E-state index is 9.11. The molecule has 0 spiro atoms. The molecule has 4 nitrogen and oxygen atoms in total. The Hall–Kier alpha value is -1.29. The molecular formula is C11H18N2O2. The molecule has 84 valence electrons. The molecule has 0 aliphatic carbocycles. The predicted molar refractivity (Wildman–Crippen MR) is 60.1 cm³/mol. The van der Waals surface area contributed by atoms with Gasteiger partial charge in [0.05, 0.1) is 7.11 Å². The molecular weight excluding hydrogens is 192 g/mol. The van der Waals surface area contributed by atoms with Gasteiger partial charge in [0.2, 0.25) is 0 Å². The van der Waals surface area contributed by atoms with E-state index in [-0.39, 0.29) is 12.0 Å². The number of nitrogens with one attached hydrogen (secondary N) is 1. The first-order chi connectivity index (χ1) is 7.09. The maximum Gasteiger partial charge on any atom is 0.168 e. The van der Waals surface area contributed by atoms with Crippen molar-refractivity contribution in [1.29, 1.82) is 0 Å². The highest BCUT2D eigenvalue weighted by Gasteiger charge is 2.16. The number of hydrogen-bond acceptors (Lipinski definition) is 4. The molecule has 0 fully saturated rings. The summed E-state index contributed by atoms with van der Waals surface area (Å²) in [4.78, 5) is 4.17. The Bertz CT molecular complexity index is 313. The second kappa shape index (κ2) is 4.98. The number of aliphatic hydroxyl groups excluding tert-OH is 1. The van der Waals surface area contributed by atoms with Crippen LogP contribution in [0.15, 0.2) is 18.3 Å². The van der Waals surface area contributed by atoms with Gasteiger partial charge in [-0.05, 0) is 12.1 Å². The lowest BCUT2D eigenvalue weighted by Gasteiger charge is -2.22. The average molecular weight is 210 g/mol. The van der Waals surface area contributed by atoms with E-state index in [1.165, 1.54) is 0 Å². The number of anilines is 1. The SMILES string of the molecule is COc1cccnc1NCC(C)(C)CO. The quantitative estimate of drug-likeness (QED) is 0.773. The van der Waals surface area contributed by atoms with E-state index in [0.717, 1.165) is 0 Å². The molecule has 15 heavy (non-hydrogen) atoms. The van der Waals surface area contributed by atoms with E-state index in [9.17, 15) is 0 Å². The fourth-order valence-electron chi connectivity index (χ4n) is 1.07. The van der Waals surface area contributed by atoms with Crippen LogP contribution in [0.3, 0.4) is 0 Å². The van der Waals surface area contributed by atoms with Crippen molar-refractivity contribution in [2.75, 3.05) is 25.6 Å². The van der Waals surface area contributed by atoms with Gasteiger partial charge in [0.15, 0.2) is 11.6 Å². The minimum absolute atomic E-state index is 0.134. The van der Waals surface area contributed by atoms with E-state index in [1.807, 2.05) is 26.0 Å². The van der Waals surface area contributed by atoms with E-state index in [4.69, 9.17) is 9.84 Å². The van der Waals surface area contributed by atoms with Crippen LogP contribution in [0.1, 0.15) is 13.8 Å². The normalized spacial score (nSPS) is 11.2. The zero-order chi connectivity index (χ0) is 11.3. The molecule has 0 radical (unpaired) electrons. The molecule has 2 N–H and O–H groups in total. The fourth-order valence-corrected chi connectivity index (χ4v) is 1.07. The Morgan fingerprint density at radius 3 is 2.87 bits per heavy atom. The fraction of sp³-hybridized carbons (Fsp3) is 0.545. The van der Waals surface area contributed by atoms with Crippen LogP contribution in [0.2, 0.25) is 0 Å². The monoisotopic (exact) mass is 210 g/mol. The molecule has 0 saturated heterocycles. The molecule has 0 aliphatic rings. The van der Waals surface area contributed by atoms with Gasteiger partial charge >= 0.3 is 0 Å². The van der Waals surface area contributed by atoms with Crippen LogP contribution < -0.4 is 10.1 Å². The van der Waals surface area contributed by atoms with Crippen molar-refractivity contribution in [1.82, 2.24) is 4.98 Å². The first-order valence-corrected chi connectivity index (χ1v) is 4.93. The first kappa shape index (κ1) is 11.8. The molecule has 1 rings (SSSR count). The van der Waals surface area contributed by atoms with Crippen LogP contribution in [0.5, 0.6) is 5.75 Å². The lowest BCUT2D eigenvalue weighted by molar-refractivity contribution is 0.170. The van der Waals surface area contributed by atoms with E-state index in [1.54, 1.807) is 13.3 Å². The number of methoxy groups -OCH3 is 1. The van der Waals surface area contributed by atoms with Crippen LogP contribution in [0.4, 0.5) is 5.82 Å². The van der Waals surface area contributed by atoms with Gasteiger partial charge in [0.25, 0.3) is 0 Å². The summed E-state index contributed by atoms with van der Waals surface area (Å²) in [6.45, 7) is 4.75. The Balaban J connectivity index is 2.65. The third-order valence-electron chi connectivity index (χ3n) is 2.15. The summed E-state index contributed by atoms with van der Waals surface area (Å²) in [6.07, 6.45) is 1.71. The molecule has 0 saturated carbocycles. The Kier molecular flexibility index (Phi) is 3.91. The van der Waals surface area contributed by atoms with Gasteiger partial charge in [-0.1, -0.05) is 13.8 Å². The van der Waals surface area contributed by atoms with Crippen molar-refractivity contribution < 1.29 is 9.84 Å². The van der Waals surface area contributed by atoms with Gasteiger partial charge in [-0.15, -0.1) is 0 Å². The molecule has 0 bridgehead atoms. The van der Waals surface area contributed by atoms with Gasteiger partial charge in [-0.3, -0.25) is 0 Å². The van der Waals surface area contributed by atoms with E-state index < -0.39 is 0 Å². The topological polar surface area (TPSA) is 54.4 Å². The molecule has 1 aromatic rings. The average Bonchev–Trinajstić information content (AvgIpc) is 2.27. The van der Waals surface area contributed by atoms with Crippen molar-refractivity contribution in [2.45, 2.75) is 13.8 Å². The first-order valence-electron chi connectivity index (χ1n) is 4.93. The van der Waals surface area contributed by atoms with Gasteiger partial charge in [-0.25, -0.2) is 4.98 Å². The highest BCUT2D eigenvalue weighted by molar-refractivity contribution is 5.49. The Labute approximate surface area is 90.3 Å². The second-order valence-electron chi connectivity index (χ2n) is 4.23. The number of aromatic nitrogens is 1. The molecule has 0 unspecified atom stereocenters. The van der Waals surface area contributed by atoms with Crippen LogP contribution in [-0.2, 0) is 0 Å². The molecule has 0 aromatic carbocycles. The van der Waals surface area contributed by atoms with Crippen LogP contribution in [0, 0.1) is 5.41 Å². The van der Waals surface area contributed by atoms with Crippen molar-refractivity contribution in [2.24, 2.45) is 5.41 Å². The van der Waals surface area contributed by atoms with Crippen molar-refractivity contribution in [3.8, 4) is 5.75 Å². The third-order valence-corrected chi connectivity index (χ3v) is 2.15. The minimum Gasteiger partial charge on any atom is -0.493 e. The maximum absolute atomic E-state index is 9.11. The molecule has 0 amide bonds. The molecule has 4 heteroatoms. The summed E-state index contributed by atoms with van der Waals surface area (Å²) in [6, 6.07) is 3.67. The number of pyridine rings is 1. The van der Waals surface area contributed by atoms with E-state index in [2.05, 4.69) is 10.3 Å². The lowest BCUT2D eigenvalue weighted by atomic mass is 9.95. The largest absolute Gasteiger partial charge is 0.493 e. The van der Waals surface area contributed by atoms with Crippen LogP contribution >= 0.6 is 0 Å². The predicted octanol–water partition coefficient (Wildman–Crippen LogP) is 1.52. The van der Waals surface area contributed by atoms with E-state index >= 15 is 0 Å². The Morgan fingerprint density at radius 1 is 1.53 bits per heavy atom. The number of nitrogens with zero attached hydrogens (tertiary/aromatic N) is 1. The van der Waals surface area contributed by atoms with Crippen LogP contribution in [-0.4, -0.2) is 30.4 Å². The zero-order valence-electron chi connectivity index (χ0n) is 9.45. The summed E-state index contributed by atoms with van der Waals surface area (Å²) < 4.78 is 5.16. The van der Waals surface area contributed by atoms with E-state index in [0.29, 0.717) is 18.1 Å². The number of hydrogen-bond donors (Lipinski definition) is 2. The summed E-state index contributed by atoms with van der Waals surface area (Å²) in [5.41, 5.74) is -0.164. The number of aliphatic hydroxyl groups is 1. The van der Waals surface area contributed by atoms with Crippen molar-refractivity contribution in [3.05, 3.63) is 18.3 Å². The summed E-state index contributed by atoms with van der Waals surface area (Å²) in [5.74, 6) is 1.42.